The Morgan fingerprint density at radius 3 is 2.58 bits per heavy atom. The predicted octanol–water partition coefficient (Wildman–Crippen LogP) is 2.55. The summed E-state index contributed by atoms with van der Waals surface area (Å²) >= 11 is 0. The van der Waals surface area contributed by atoms with Gasteiger partial charge in [-0.25, -0.2) is 0 Å². The maximum Gasteiger partial charge on any atom is 0.220 e. The molecule has 0 bridgehead atoms. The zero-order valence-electron chi connectivity index (χ0n) is 14.0. The van der Waals surface area contributed by atoms with Crippen LogP contribution in [-0.2, 0) is 10.2 Å². The second kappa shape index (κ2) is 8.58. The van der Waals surface area contributed by atoms with Gasteiger partial charge in [-0.2, -0.15) is 0 Å². The van der Waals surface area contributed by atoms with Crippen molar-refractivity contribution >= 4 is 18.3 Å². The molecule has 5 nitrogen and oxygen atoms in total. The van der Waals surface area contributed by atoms with Gasteiger partial charge in [0.15, 0.2) is 11.5 Å². The zero-order valence-corrected chi connectivity index (χ0v) is 14.8. The van der Waals surface area contributed by atoms with Gasteiger partial charge in [-0.05, 0) is 43.5 Å². The summed E-state index contributed by atoms with van der Waals surface area (Å²) in [4.78, 5) is 12.0. The van der Waals surface area contributed by atoms with Crippen LogP contribution in [0.5, 0.6) is 11.5 Å². The summed E-state index contributed by atoms with van der Waals surface area (Å²) in [7, 11) is 0. The van der Waals surface area contributed by atoms with Gasteiger partial charge in [0, 0.05) is 18.4 Å². The topological polar surface area (TPSA) is 73.6 Å². The standard InChI is InChI=1S/C18H26N2O3.ClH/c19-9-3-4-17(21)20-13-18(7-1-2-8-18)14-5-6-15-16(12-14)23-11-10-22-15;/h5-6,12H,1-4,7-11,13,19H2,(H,20,21);1H. The summed E-state index contributed by atoms with van der Waals surface area (Å²) < 4.78 is 11.3. The normalized spacial score (nSPS) is 17.9. The van der Waals surface area contributed by atoms with E-state index in [0.29, 0.717) is 32.7 Å². The number of benzene rings is 1. The molecule has 1 aromatic rings. The van der Waals surface area contributed by atoms with Gasteiger partial charge in [0.25, 0.3) is 0 Å². The number of halogens is 1. The maximum atomic E-state index is 12.0. The number of nitrogens with two attached hydrogens (primary N) is 1. The highest BCUT2D eigenvalue weighted by atomic mass is 35.5. The van der Waals surface area contributed by atoms with Crippen LogP contribution in [0.25, 0.3) is 0 Å². The highest BCUT2D eigenvalue weighted by molar-refractivity contribution is 5.85. The van der Waals surface area contributed by atoms with Crippen molar-refractivity contribution in [3.05, 3.63) is 23.8 Å². The third kappa shape index (κ3) is 4.14. The van der Waals surface area contributed by atoms with Crippen molar-refractivity contribution in [2.45, 2.75) is 43.9 Å². The molecule has 0 unspecified atom stereocenters. The minimum absolute atomic E-state index is 0. The molecule has 1 heterocycles. The lowest BCUT2D eigenvalue weighted by atomic mass is 9.78. The Kier molecular flexibility index (Phi) is 6.75. The van der Waals surface area contributed by atoms with E-state index in [1.807, 2.05) is 6.07 Å². The van der Waals surface area contributed by atoms with E-state index in [4.69, 9.17) is 15.2 Å². The number of hydrogen-bond donors (Lipinski definition) is 2. The minimum Gasteiger partial charge on any atom is -0.486 e. The number of amides is 1. The molecule has 1 fully saturated rings. The maximum absolute atomic E-state index is 12.0. The van der Waals surface area contributed by atoms with Crippen LogP contribution in [0.2, 0.25) is 0 Å². The van der Waals surface area contributed by atoms with Gasteiger partial charge in [-0.3, -0.25) is 4.79 Å². The van der Waals surface area contributed by atoms with Crippen molar-refractivity contribution in [1.29, 1.82) is 0 Å². The monoisotopic (exact) mass is 354 g/mol. The van der Waals surface area contributed by atoms with Crippen LogP contribution in [-0.4, -0.2) is 32.2 Å². The summed E-state index contributed by atoms with van der Waals surface area (Å²) in [5.74, 6) is 1.74. The zero-order chi connectivity index (χ0) is 16.1. The van der Waals surface area contributed by atoms with E-state index in [9.17, 15) is 4.79 Å². The molecule has 24 heavy (non-hydrogen) atoms. The Morgan fingerprint density at radius 2 is 1.88 bits per heavy atom. The molecule has 0 spiro atoms. The summed E-state index contributed by atoms with van der Waals surface area (Å²) in [6.07, 6.45) is 5.85. The fraction of sp³-hybridized carbons (Fsp3) is 0.611. The van der Waals surface area contributed by atoms with Crippen molar-refractivity contribution in [3.8, 4) is 11.5 Å². The molecule has 1 aliphatic heterocycles. The molecule has 134 valence electrons. The molecule has 1 aliphatic carbocycles. The van der Waals surface area contributed by atoms with E-state index in [1.54, 1.807) is 0 Å². The molecule has 1 aromatic carbocycles. The van der Waals surface area contributed by atoms with E-state index in [2.05, 4.69) is 17.4 Å². The number of carbonyl (C=O) groups is 1. The number of rotatable bonds is 6. The van der Waals surface area contributed by atoms with Crippen LogP contribution >= 0.6 is 12.4 Å². The van der Waals surface area contributed by atoms with Gasteiger partial charge in [0.05, 0.1) is 0 Å². The molecule has 1 saturated carbocycles. The molecule has 0 aromatic heterocycles. The number of fused-ring (bicyclic) bond motifs is 1. The third-order valence-corrected chi connectivity index (χ3v) is 4.95. The molecule has 0 atom stereocenters. The number of nitrogens with one attached hydrogen (secondary N) is 1. The molecule has 3 N–H and O–H groups in total. The van der Waals surface area contributed by atoms with Gasteiger partial charge < -0.3 is 20.5 Å². The van der Waals surface area contributed by atoms with Crippen LogP contribution in [0.4, 0.5) is 0 Å². The highest BCUT2D eigenvalue weighted by Gasteiger charge is 2.36. The van der Waals surface area contributed by atoms with Crippen LogP contribution in [0, 0.1) is 0 Å². The van der Waals surface area contributed by atoms with E-state index in [-0.39, 0.29) is 23.7 Å². The summed E-state index contributed by atoms with van der Waals surface area (Å²) in [5.41, 5.74) is 6.74. The van der Waals surface area contributed by atoms with E-state index >= 15 is 0 Å². The van der Waals surface area contributed by atoms with E-state index < -0.39 is 0 Å². The van der Waals surface area contributed by atoms with E-state index in [1.165, 1.54) is 18.4 Å². The molecule has 0 radical (unpaired) electrons. The summed E-state index contributed by atoms with van der Waals surface area (Å²) in [5, 5.41) is 3.11. The smallest absolute Gasteiger partial charge is 0.220 e. The van der Waals surface area contributed by atoms with Gasteiger partial charge in [-0.1, -0.05) is 18.9 Å². The molecular weight excluding hydrogens is 328 g/mol. The number of ether oxygens (including phenoxy) is 2. The second-order valence-electron chi connectivity index (χ2n) is 6.51. The lowest BCUT2D eigenvalue weighted by Gasteiger charge is -2.31. The average Bonchev–Trinajstić information content (AvgIpc) is 3.08. The van der Waals surface area contributed by atoms with Crippen LogP contribution in [0.1, 0.15) is 44.1 Å². The molecule has 0 saturated heterocycles. The van der Waals surface area contributed by atoms with Crippen molar-refractivity contribution in [3.63, 3.8) is 0 Å². The highest BCUT2D eigenvalue weighted by Crippen LogP contribution is 2.43. The quantitative estimate of drug-likeness (QED) is 0.823. The van der Waals surface area contributed by atoms with Crippen LogP contribution in [0.3, 0.4) is 0 Å². The molecule has 6 heteroatoms. The first-order valence-electron chi connectivity index (χ1n) is 8.60. The van der Waals surface area contributed by atoms with Gasteiger partial charge in [0.2, 0.25) is 5.91 Å². The first kappa shape index (κ1) is 18.9. The Labute approximate surface area is 149 Å². The van der Waals surface area contributed by atoms with Crippen molar-refractivity contribution < 1.29 is 14.3 Å². The SMILES string of the molecule is Cl.NCCCC(=O)NCC1(c2ccc3c(c2)OCCO3)CCCC1. The Bertz CT molecular complexity index is 559. The van der Waals surface area contributed by atoms with Crippen molar-refractivity contribution in [2.75, 3.05) is 26.3 Å². The lowest BCUT2D eigenvalue weighted by molar-refractivity contribution is -0.121. The van der Waals surface area contributed by atoms with Gasteiger partial charge in [-0.15, -0.1) is 12.4 Å². The Balaban J connectivity index is 0.00000208. The largest absolute Gasteiger partial charge is 0.486 e. The van der Waals surface area contributed by atoms with E-state index in [0.717, 1.165) is 30.8 Å². The predicted molar refractivity (Wildman–Crippen MR) is 96.1 cm³/mol. The van der Waals surface area contributed by atoms with Crippen molar-refractivity contribution in [1.82, 2.24) is 5.32 Å². The second-order valence-corrected chi connectivity index (χ2v) is 6.51. The number of hydrogen-bond acceptors (Lipinski definition) is 4. The first-order valence-corrected chi connectivity index (χ1v) is 8.60. The first-order chi connectivity index (χ1) is 11.2. The van der Waals surface area contributed by atoms with Gasteiger partial charge in [0.1, 0.15) is 13.2 Å². The average molecular weight is 355 g/mol. The van der Waals surface area contributed by atoms with Crippen molar-refractivity contribution in [2.24, 2.45) is 5.73 Å². The Hall–Kier alpha value is -1.46. The summed E-state index contributed by atoms with van der Waals surface area (Å²) in [6.45, 7) is 2.45. The van der Waals surface area contributed by atoms with Gasteiger partial charge >= 0.3 is 0 Å². The molecular formula is C18H27ClN2O3. The fourth-order valence-electron chi connectivity index (χ4n) is 3.61. The van der Waals surface area contributed by atoms with Crippen LogP contribution in [0.15, 0.2) is 18.2 Å². The molecule has 2 aliphatic rings. The lowest BCUT2D eigenvalue weighted by Crippen LogP contribution is -2.39. The van der Waals surface area contributed by atoms with Crippen LogP contribution < -0.4 is 20.5 Å². The summed E-state index contributed by atoms with van der Waals surface area (Å²) in [6, 6.07) is 6.23. The molecule has 3 rings (SSSR count). The Morgan fingerprint density at radius 1 is 1.17 bits per heavy atom. The minimum atomic E-state index is 0. The molecule has 1 amide bonds. The number of carbonyl (C=O) groups excluding carboxylic acids is 1. The fourth-order valence-corrected chi connectivity index (χ4v) is 3.61. The third-order valence-electron chi connectivity index (χ3n) is 4.95.